The average molecular weight is 393 g/mol. The van der Waals surface area contributed by atoms with Crippen molar-refractivity contribution in [2.75, 3.05) is 80.1 Å². The van der Waals surface area contributed by atoms with E-state index in [-0.39, 0.29) is 0 Å². The molecule has 1 fully saturated rings. The lowest BCUT2D eigenvalue weighted by Gasteiger charge is -2.34. The number of hydrogen-bond donors (Lipinski definition) is 1. The van der Waals surface area contributed by atoms with E-state index < -0.39 is 6.10 Å². The number of aliphatic hydroxyl groups is 1. The largest absolute Gasteiger partial charge is 0.491 e. The van der Waals surface area contributed by atoms with Crippen molar-refractivity contribution in [1.82, 2.24) is 19.6 Å². The van der Waals surface area contributed by atoms with E-state index >= 15 is 0 Å². The first kappa shape index (κ1) is 23.1. The smallest absolute Gasteiger partial charge is 0.119 e. The minimum absolute atomic E-state index is 0.343. The first-order chi connectivity index (χ1) is 13.5. The van der Waals surface area contributed by atoms with Crippen LogP contribution in [0.2, 0.25) is 0 Å². The first-order valence-corrected chi connectivity index (χ1v) is 10.6. The molecule has 1 aromatic rings. The van der Waals surface area contributed by atoms with Crippen LogP contribution in [0.1, 0.15) is 18.9 Å². The third-order valence-electron chi connectivity index (χ3n) is 5.32. The molecule has 160 valence electrons. The van der Waals surface area contributed by atoms with Crippen LogP contribution < -0.4 is 4.74 Å². The molecule has 6 nitrogen and oxygen atoms in total. The zero-order valence-electron chi connectivity index (χ0n) is 18.3. The van der Waals surface area contributed by atoms with Crippen molar-refractivity contribution >= 4 is 0 Å². The second kappa shape index (κ2) is 12.4. The maximum absolute atomic E-state index is 10.3. The molecule has 1 atom stereocenters. The van der Waals surface area contributed by atoms with Crippen LogP contribution in [0.3, 0.4) is 0 Å². The van der Waals surface area contributed by atoms with Crippen molar-refractivity contribution in [2.45, 2.75) is 26.0 Å². The van der Waals surface area contributed by atoms with E-state index in [1.165, 1.54) is 12.0 Å². The second-order valence-corrected chi connectivity index (χ2v) is 8.24. The Bertz CT molecular complexity index is 547. The zero-order chi connectivity index (χ0) is 20.4. The van der Waals surface area contributed by atoms with Crippen molar-refractivity contribution in [2.24, 2.45) is 0 Å². The van der Waals surface area contributed by atoms with Gasteiger partial charge in [-0.05, 0) is 64.9 Å². The summed E-state index contributed by atoms with van der Waals surface area (Å²) in [5.74, 6) is 0.842. The van der Waals surface area contributed by atoms with E-state index in [4.69, 9.17) is 4.74 Å². The summed E-state index contributed by atoms with van der Waals surface area (Å²) in [6.07, 6.45) is 0.712. The monoisotopic (exact) mass is 392 g/mol. The molecule has 2 rings (SSSR count). The quantitative estimate of drug-likeness (QED) is 0.581. The molecule has 1 unspecified atom stereocenters. The Labute approximate surface area is 171 Å². The normalized spacial score (nSPS) is 17.4. The third kappa shape index (κ3) is 8.88. The fraction of sp³-hybridized carbons (Fsp3) is 0.727. The predicted molar refractivity (Wildman–Crippen MR) is 116 cm³/mol. The summed E-state index contributed by atoms with van der Waals surface area (Å²) in [5.41, 5.74) is 1.25. The van der Waals surface area contributed by atoms with Crippen molar-refractivity contribution < 1.29 is 9.84 Å². The Morgan fingerprint density at radius 3 is 2.46 bits per heavy atom. The summed E-state index contributed by atoms with van der Waals surface area (Å²) in [6, 6.07) is 8.24. The van der Waals surface area contributed by atoms with Gasteiger partial charge in [0.2, 0.25) is 0 Å². The molecule has 1 aromatic carbocycles. The van der Waals surface area contributed by atoms with Crippen LogP contribution in [0.25, 0.3) is 0 Å². The molecule has 28 heavy (non-hydrogen) atoms. The van der Waals surface area contributed by atoms with Gasteiger partial charge in [0.05, 0.1) is 0 Å². The Morgan fingerprint density at radius 1 is 1.07 bits per heavy atom. The van der Waals surface area contributed by atoms with E-state index in [9.17, 15) is 5.11 Å². The SMILES string of the molecule is CCN1CCN(CC(O)COc2cccc(CN(C)CCCN(C)C)c2)CC1. The molecule has 1 heterocycles. The summed E-state index contributed by atoms with van der Waals surface area (Å²) in [7, 11) is 6.38. The average Bonchev–Trinajstić information content (AvgIpc) is 2.67. The van der Waals surface area contributed by atoms with Gasteiger partial charge in [-0.1, -0.05) is 19.1 Å². The minimum Gasteiger partial charge on any atom is -0.491 e. The summed E-state index contributed by atoms with van der Waals surface area (Å²) in [6.45, 7) is 11.7. The highest BCUT2D eigenvalue weighted by Gasteiger charge is 2.18. The molecule has 6 heteroatoms. The van der Waals surface area contributed by atoms with Crippen LogP contribution in [-0.4, -0.2) is 111 Å². The second-order valence-electron chi connectivity index (χ2n) is 8.24. The Morgan fingerprint density at radius 2 is 1.79 bits per heavy atom. The number of hydrogen-bond acceptors (Lipinski definition) is 6. The van der Waals surface area contributed by atoms with Crippen molar-refractivity contribution in [3.63, 3.8) is 0 Å². The minimum atomic E-state index is -0.453. The number of aliphatic hydroxyl groups excluding tert-OH is 1. The van der Waals surface area contributed by atoms with Gasteiger partial charge in [-0.2, -0.15) is 0 Å². The number of piperazine rings is 1. The fourth-order valence-electron chi connectivity index (χ4n) is 3.61. The van der Waals surface area contributed by atoms with Crippen LogP contribution in [0.5, 0.6) is 5.75 Å². The maximum Gasteiger partial charge on any atom is 0.119 e. The van der Waals surface area contributed by atoms with Gasteiger partial charge in [-0.25, -0.2) is 0 Å². The van der Waals surface area contributed by atoms with Gasteiger partial charge in [-0.15, -0.1) is 0 Å². The molecule has 0 radical (unpaired) electrons. The summed E-state index contributed by atoms with van der Waals surface area (Å²) in [5, 5.41) is 10.3. The van der Waals surface area contributed by atoms with Crippen LogP contribution in [0.15, 0.2) is 24.3 Å². The molecule has 0 amide bonds. The van der Waals surface area contributed by atoms with Crippen LogP contribution >= 0.6 is 0 Å². The molecule has 0 aliphatic carbocycles. The topological polar surface area (TPSA) is 42.4 Å². The molecule has 0 aromatic heterocycles. The number of β-amino-alcohol motifs (C(OH)–C–C–N with tert-alkyl or cyclic N) is 1. The molecule has 0 bridgehead atoms. The molecule has 1 aliphatic heterocycles. The fourth-order valence-corrected chi connectivity index (χ4v) is 3.61. The van der Waals surface area contributed by atoms with E-state index in [1.54, 1.807) is 0 Å². The van der Waals surface area contributed by atoms with Crippen LogP contribution in [0, 0.1) is 0 Å². The molecule has 0 spiro atoms. The Hall–Kier alpha value is -1.18. The number of nitrogens with zero attached hydrogens (tertiary/aromatic N) is 4. The van der Waals surface area contributed by atoms with Crippen LogP contribution in [0.4, 0.5) is 0 Å². The molecular formula is C22H40N4O2. The number of rotatable bonds is 12. The molecule has 0 saturated carbocycles. The van der Waals surface area contributed by atoms with E-state index in [0.29, 0.717) is 13.2 Å². The number of benzene rings is 1. The number of ether oxygens (including phenoxy) is 1. The van der Waals surface area contributed by atoms with Crippen molar-refractivity contribution in [1.29, 1.82) is 0 Å². The standard InChI is InChI=1S/C22H40N4O2/c1-5-25-12-14-26(15-13-25)18-21(27)19-28-22-9-6-8-20(16-22)17-24(4)11-7-10-23(2)3/h6,8-9,16,21,27H,5,7,10-15,17-19H2,1-4H3. The van der Waals surface area contributed by atoms with Crippen molar-refractivity contribution in [3.8, 4) is 5.75 Å². The van der Waals surface area contributed by atoms with Crippen LogP contribution in [-0.2, 0) is 6.54 Å². The highest BCUT2D eigenvalue weighted by Crippen LogP contribution is 2.15. The van der Waals surface area contributed by atoms with Gasteiger partial charge < -0.3 is 24.5 Å². The van der Waals surface area contributed by atoms with Gasteiger partial charge in [0.15, 0.2) is 0 Å². The molecule has 1 aliphatic rings. The van der Waals surface area contributed by atoms with E-state index in [1.807, 2.05) is 12.1 Å². The predicted octanol–water partition coefficient (Wildman–Crippen LogP) is 1.45. The van der Waals surface area contributed by atoms with Gasteiger partial charge >= 0.3 is 0 Å². The van der Waals surface area contributed by atoms with Gasteiger partial charge in [0.25, 0.3) is 0 Å². The van der Waals surface area contributed by atoms with E-state index in [0.717, 1.165) is 58.1 Å². The van der Waals surface area contributed by atoms with Gasteiger partial charge in [-0.3, -0.25) is 4.90 Å². The highest BCUT2D eigenvalue weighted by molar-refractivity contribution is 5.28. The van der Waals surface area contributed by atoms with Gasteiger partial charge in [0.1, 0.15) is 18.5 Å². The van der Waals surface area contributed by atoms with E-state index in [2.05, 4.69) is 59.8 Å². The first-order valence-electron chi connectivity index (χ1n) is 10.6. The Kier molecular flexibility index (Phi) is 10.2. The summed E-state index contributed by atoms with van der Waals surface area (Å²) < 4.78 is 5.87. The molecule has 1 N–H and O–H groups in total. The third-order valence-corrected chi connectivity index (χ3v) is 5.32. The summed E-state index contributed by atoms with van der Waals surface area (Å²) >= 11 is 0. The highest BCUT2D eigenvalue weighted by atomic mass is 16.5. The van der Waals surface area contributed by atoms with Crippen molar-refractivity contribution in [3.05, 3.63) is 29.8 Å². The zero-order valence-corrected chi connectivity index (χ0v) is 18.3. The van der Waals surface area contributed by atoms with Gasteiger partial charge in [0, 0.05) is 39.3 Å². The Balaban J connectivity index is 1.70. The molecular weight excluding hydrogens is 352 g/mol. The lowest BCUT2D eigenvalue weighted by atomic mass is 10.2. The molecule has 1 saturated heterocycles. The maximum atomic E-state index is 10.3. The lowest BCUT2D eigenvalue weighted by molar-refractivity contribution is 0.0470. The number of likely N-dealkylation sites (N-methyl/N-ethyl adjacent to an activating group) is 1. The lowest BCUT2D eigenvalue weighted by Crippen LogP contribution is -2.49. The summed E-state index contributed by atoms with van der Waals surface area (Å²) in [4.78, 5) is 9.34.